The molecule has 0 saturated heterocycles. The summed E-state index contributed by atoms with van der Waals surface area (Å²) in [7, 11) is 0. The SMILES string of the molecule is Cc1ccc(-c2noc(CC(=O)O)n2)s1. The molecule has 2 aromatic rings. The first-order chi connectivity index (χ1) is 7.15. The van der Waals surface area contributed by atoms with Gasteiger partial charge in [0.1, 0.15) is 6.42 Å². The second-order valence-electron chi connectivity index (χ2n) is 2.99. The van der Waals surface area contributed by atoms with Crippen molar-refractivity contribution in [1.29, 1.82) is 0 Å². The van der Waals surface area contributed by atoms with Gasteiger partial charge < -0.3 is 9.63 Å². The molecule has 6 heteroatoms. The Hall–Kier alpha value is -1.69. The summed E-state index contributed by atoms with van der Waals surface area (Å²) < 4.78 is 4.80. The van der Waals surface area contributed by atoms with E-state index in [0.717, 1.165) is 9.75 Å². The number of aromatic nitrogens is 2. The number of carbonyl (C=O) groups is 1. The average Bonchev–Trinajstić information content (AvgIpc) is 2.72. The topological polar surface area (TPSA) is 76.2 Å². The van der Waals surface area contributed by atoms with E-state index in [0.29, 0.717) is 5.82 Å². The van der Waals surface area contributed by atoms with Crippen molar-refractivity contribution >= 4 is 17.3 Å². The number of aliphatic carboxylic acids is 1. The van der Waals surface area contributed by atoms with Gasteiger partial charge in [-0.05, 0) is 19.1 Å². The average molecular weight is 224 g/mol. The first-order valence-corrected chi connectivity index (χ1v) is 5.08. The van der Waals surface area contributed by atoms with Gasteiger partial charge >= 0.3 is 5.97 Å². The maximum Gasteiger partial charge on any atom is 0.312 e. The number of nitrogens with zero attached hydrogens (tertiary/aromatic N) is 2. The van der Waals surface area contributed by atoms with Crippen molar-refractivity contribution in [3.05, 3.63) is 22.9 Å². The molecule has 0 saturated carbocycles. The van der Waals surface area contributed by atoms with Crippen LogP contribution in [-0.2, 0) is 11.2 Å². The summed E-state index contributed by atoms with van der Waals surface area (Å²) in [4.78, 5) is 16.4. The lowest BCUT2D eigenvalue weighted by molar-refractivity contribution is -0.136. The highest BCUT2D eigenvalue weighted by Crippen LogP contribution is 2.24. The predicted molar refractivity (Wildman–Crippen MR) is 53.7 cm³/mol. The molecule has 2 rings (SSSR count). The van der Waals surface area contributed by atoms with Crippen LogP contribution in [0.4, 0.5) is 0 Å². The summed E-state index contributed by atoms with van der Waals surface area (Å²) in [5.74, 6) is -0.402. The van der Waals surface area contributed by atoms with Gasteiger partial charge in [0.25, 0.3) is 0 Å². The summed E-state index contributed by atoms with van der Waals surface area (Å²) >= 11 is 1.54. The molecule has 0 aromatic carbocycles. The zero-order valence-corrected chi connectivity index (χ0v) is 8.74. The zero-order valence-electron chi connectivity index (χ0n) is 7.93. The van der Waals surface area contributed by atoms with E-state index >= 15 is 0 Å². The Labute approximate surface area is 89.4 Å². The van der Waals surface area contributed by atoms with Crippen molar-refractivity contribution in [2.24, 2.45) is 0 Å². The molecule has 0 spiro atoms. The molecule has 0 unspecified atom stereocenters. The van der Waals surface area contributed by atoms with Crippen LogP contribution in [0.3, 0.4) is 0 Å². The number of thiophene rings is 1. The van der Waals surface area contributed by atoms with Crippen LogP contribution in [0.5, 0.6) is 0 Å². The van der Waals surface area contributed by atoms with E-state index in [1.807, 2.05) is 19.1 Å². The maximum atomic E-state index is 10.4. The minimum atomic E-state index is -0.979. The summed E-state index contributed by atoms with van der Waals surface area (Å²) in [6.45, 7) is 1.98. The van der Waals surface area contributed by atoms with Gasteiger partial charge in [-0.3, -0.25) is 4.79 Å². The van der Waals surface area contributed by atoms with Crippen LogP contribution >= 0.6 is 11.3 Å². The Morgan fingerprint density at radius 1 is 1.60 bits per heavy atom. The molecule has 5 nitrogen and oxygen atoms in total. The van der Waals surface area contributed by atoms with E-state index in [4.69, 9.17) is 9.63 Å². The molecule has 0 radical (unpaired) electrons. The van der Waals surface area contributed by atoms with Crippen molar-refractivity contribution in [2.45, 2.75) is 13.3 Å². The second-order valence-corrected chi connectivity index (χ2v) is 4.28. The minimum Gasteiger partial charge on any atom is -0.481 e. The Bertz CT molecular complexity index is 489. The molecular formula is C9H8N2O3S. The van der Waals surface area contributed by atoms with Gasteiger partial charge in [0.05, 0.1) is 4.88 Å². The van der Waals surface area contributed by atoms with E-state index in [1.165, 1.54) is 0 Å². The molecule has 1 N–H and O–H groups in total. The molecule has 15 heavy (non-hydrogen) atoms. The minimum absolute atomic E-state index is 0.128. The third-order valence-corrected chi connectivity index (χ3v) is 2.73. The molecule has 2 aromatic heterocycles. The highest BCUT2D eigenvalue weighted by molar-refractivity contribution is 7.15. The van der Waals surface area contributed by atoms with Gasteiger partial charge in [-0.15, -0.1) is 11.3 Å². The number of aryl methyl sites for hydroxylation is 1. The van der Waals surface area contributed by atoms with Crippen molar-refractivity contribution in [3.8, 4) is 10.7 Å². The normalized spacial score (nSPS) is 10.5. The fraction of sp³-hybridized carbons (Fsp3) is 0.222. The second kappa shape index (κ2) is 3.82. The third kappa shape index (κ3) is 2.21. The van der Waals surface area contributed by atoms with E-state index < -0.39 is 5.97 Å². The fourth-order valence-corrected chi connectivity index (χ4v) is 1.90. The first-order valence-electron chi connectivity index (χ1n) is 4.26. The molecule has 0 aliphatic rings. The van der Waals surface area contributed by atoms with Gasteiger partial charge in [-0.2, -0.15) is 4.98 Å². The number of carboxylic acid groups (broad SMARTS) is 1. The number of hydrogen-bond donors (Lipinski definition) is 1. The van der Waals surface area contributed by atoms with Crippen molar-refractivity contribution in [2.75, 3.05) is 0 Å². The van der Waals surface area contributed by atoms with Crippen LogP contribution in [0.1, 0.15) is 10.8 Å². The Morgan fingerprint density at radius 3 is 3.00 bits per heavy atom. The molecule has 0 atom stereocenters. The largest absolute Gasteiger partial charge is 0.481 e. The van der Waals surface area contributed by atoms with E-state index in [-0.39, 0.29) is 12.3 Å². The molecule has 0 aliphatic carbocycles. The highest BCUT2D eigenvalue weighted by Gasteiger charge is 2.12. The summed E-state index contributed by atoms with van der Waals surface area (Å²) in [6, 6.07) is 3.84. The van der Waals surface area contributed by atoms with Crippen LogP contribution in [0, 0.1) is 6.92 Å². The van der Waals surface area contributed by atoms with Crippen LogP contribution in [0.15, 0.2) is 16.7 Å². The molecule has 78 valence electrons. The highest BCUT2D eigenvalue weighted by atomic mass is 32.1. The Balaban J connectivity index is 2.23. The van der Waals surface area contributed by atoms with Crippen LogP contribution in [0.25, 0.3) is 10.7 Å². The Kier molecular flexibility index (Phi) is 2.51. The van der Waals surface area contributed by atoms with Crippen LogP contribution in [0.2, 0.25) is 0 Å². The fourth-order valence-electron chi connectivity index (χ4n) is 1.11. The van der Waals surface area contributed by atoms with Gasteiger partial charge in [-0.1, -0.05) is 5.16 Å². The van der Waals surface area contributed by atoms with Crippen molar-refractivity contribution in [1.82, 2.24) is 10.1 Å². The number of carboxylic acids is 1. The van der Waals surface area contributed by atoms with E-state index in [2.05, 4.69) is 10.1 Å². The lowest BCUT2D eigenvalue weighted by atomic mass is 10.4. The smallest absolute Gasteiger partial charge is 0.312 e. The van der Waals surface area contributed by atoms with E-state index in [9.17, 15) is 4.79 Å². The quantitative estimate of drug-likeness (QED) is 0.859. The lowest BCUT2D eigenvalue weighted by Gasteiger charge is -1.84. The van der Waals surface area contributed by atoms with Crippen molar-refractivity contribution in [3.63, 3.8) is 0 Å². The van der Waals surface area contributed by atoms with Gasteiger partial charge in [0, 0.05) is 4.88 Å². The van der Waals surface area contributed by atoms with Crippen LogP contribution < -0.4 is 0 Å². The molecule has 0 amide bonds. The molecule has 0 bridgehead atoms. The predicted octanol–water partition coefficient (Wildman–Crippen LogP) is 1.73. The number of hydrogen-bond acceptors (Lipinski definition) is 5. The maximum absolute atomic E-state index is 10.4. The summed E-state index contributed by atoms with van der Waals surface area (Å²) in [6.07, 6.45) is -0.239. The number of rotatable bonds is 3. The summed E-state index contributed by atoms with van der Waals surface area (Å²) in [5, 5.41) is 12.2. The molecular weight excluding hydrogens is 216 g/mol. The summed E-state index contributed by atoms with van der Waals surface area (Å²) in [5.41, 5.74) is 0. The molecule has 2 heterocycles. The molecule has 0 fully saturated rings. The molecule has 0 aliphatic heterocycles. The van der Waals surface area contributed by atoms with Crippen molar-refractivity contribution < 1.29 is 14.4 Å². The van der Waals surface area contributed by atoms with Crippen LogP contribution in [-0.4, -0.2) is 21.2 Å². The van der Waals surface area contributed by atoms with E-state index in [1.54, 1.807) is 11.3 Å². The van der Waals surface area contributed by atoms with Gasteiger partial charge in [0.15, 0.2) is 0 Å². The standard InChI is InChI=1S/C9H8N2O3S/c1-5-2-3-6(15-5)9-10-7(14-11-9)4-8(12)13/h2-3H,4H2,1H3,(H,12,13). The third-order valence-electron chi connectivity index (χ3n) is 1.73. The van der Waals surface area contributed by atoms with Gasteiger partial charge in [0.2, 0.25) is 11.7 Å². The van der Waals surface area contributed by atoms with Gasteiger partial charge in [-0.25, -0.2) is 0 Å². The Morgan fingerprint density at radius 2 is 2.40 bits per heavy atom. The lowest BCUT2D eigenvalue weighted by Crippen LogP contribution is -1.99. The monoisotopic (exact) mass is 224 g/mol. The first kappa shape index (κ1) is 9.85. The zero-order chi connectivity index (χ0) is 10.8.